The lowest BCUT2D eigenvalue weighted by molar-refractivity contribution is -0.115. The van der Waals surface area contributed by atoms with Crippen LogP contribution in [0.3, 0.4) is 0 Å². The van der Waals surface area contributed by atoms with Gasteiger partial charge in [-0.1, -0.05) is 23.9 Å². The zero-order chi connectivity index (χ0) is 20.4. The highest BCUT2D eigenvalue weighted by Crippen LogP contribution is 2.40. The van der Waals surface area contributed by atoms with E-state index in [1.165, 1.54) is 11.8 Å². The number of anilines is 1. The van der Waals surface area contributed by atoms with Crippen LogP contribution in [0, 0.1) is 0 Å². The minimum Gasteiger partial charge on any atom is -0.359 e. The highest BCUT2D eigenvalue weighted by Gasteiger charge is 2.32. The Morgan fingerprint density at radius 2 is 2.10 bits per heavy atom. The Labute approximate surface area is 167 Å². The van der Waals surface area contributed by atoms with Gasteiger partial charge in [-0.05, 0) is 36.1 Å². The Hall–Kier alpha value is -2.51. The van der Waals surface area contributed by atoms with Crippen LogP contribution in [-0.2, 0) is 0 Å². The molecule has 156 valence electrons. The summed E-state index contributed by atoms with van der Waals surface area (Å²) in [6, 6.07) is 0.00416. The number of thioether (sulfide) groups is 1. The lowest BCUT2D eigenvalue weighted by atomic mass is 10.1. The van der Waals surface area contributed by atoms with Crippen molar-refractivity contribution in [3.8, 4) is 0 Å². The number of halogens is 3. The van der Waals surface area contributed by atoms with Crippen LogP contribution in [0.1, 0.15) is 50.4 Å². The van der Waals surface area contributed by atoms with E-state index in [4.69, 9.17) is 0 Å². The molecule has 1 saturated carbocycles. The van der Waals surface area contributed by atoms with Gasteiger partial charge in [-0.2, -0.15) is 13.2 Å². The van der Waals surface area contributed by atoms with E-state index in [0.29, 0.717) is 10.8 Å². The molecule has 0 amide bonds. The fraction of sp³-hybridized carbons (Fsp3) is 0.667. The molecule has 0 unspecified atom stereocenters. The molecule has 0 bridgehead atoms. The molecule has 3 aromatic heterocycles. The second-order valence-corrected chi connectivity index (χ2v) is 7.89. The number of rotatable bonds is 7. The van der Waals surface area contributed by atoms with E-state index in [1.807, 2.05) is 6.92 Å². The third-order valence-electron chi connectivity index (χ3n) is 4.69. The van der Waals surface area contributed by atoms with Crippen molar-refractivity contribution < 1.29 is 13.2 Å². The molecule has 2 N–H and O–H groups in total. The first-order chi connectivity index (χ1) is 13.9. The fourth-order valence-electron chi connectivity index (χ4n) is 3.39. The van der Waals surface area contributed by atoms with E-state index in [-0.39, 0.29) is 23.3 Å². The molecule has 1 aliphatic rings. The van der Waals surface area contributed by atoms with Gasteiger partial charge in [0.05, 0.1) is 6.04 Å². The van der Waals surface area contributed by atoms with Crippen molar-refractivity contribution in [2.45, 2.75) is 55.9 Å². The first-order valence-electron chi connectivity index (χ1n) is 9.24. The maximum absolute atomic E-state index is 12.7. The average Bonchev–Trinajstić information content (AvgIpc) is 3.42. The molecule has 0 radical (unpaired) electrons. The largest absolute Gasteiger partial charge is 0.405 e. The Bertz CT molecular complexity index is 957. The number of aromatic amines is 1. The van der Waals surface area contributed by atoms with Crippen molar-refractivity contribution in [1.29, 1.82) is 0 Å². The molecule has 3 aromatic rings. The average molecular weight is 428 g/mol. The van der Waals surface area contributed by atoms with Crippen molar-refractivity contribution in [3.63, 3.8) is 0 Å². The maximum Gasteiger partial charge on any atom is 0.405 e. The summed E-state index contributed by atoms with van der Waals surface area (Å²) in [6.07, 6.45) is -1.05. The summed E-state index contributed by atoms with van der Waals surface area (Å²) >= 11 is 1.39. The van der Waals surface area contributed by atoms with Crippen LogP contribution < -0.4 is 5.32 Å². The molecule has 3 heterocycles. The van der Waals surface area contributed by atoms with E-state index in [2.05, 4.69) is 46.2 Å². The summed E-state index contributed by atoms with van der Waals surface area (Å²) < 4.78 is 39.8. The zero-order valence-electron chi connectivity index (χ0n) is 15.5. The number of alkyl halides is 3. The Morgan fingerprint density at radius 3 is 2.83 bits per heavy atom. The smallest absolute Gasteiger partial charge is 0.359 e. The highest BCUT2D eigenvalue weighted by atomic mass is 32.2. The van der Waals surface area contributed by atoms with Gasteiger partial charge in [0.15, 0.2) is 28.0 Å². The summed E-state index contributed by atoms with van der Waals surface area (Å²) in [5.41, 5.74) is 0.671. The molecule has 2 atom stereocenters. The summed E-state index contributed by atoms with van der Waals surface area (Å²) in [5.74, 6) is 1.69. The van der Waals surface area contributed by atoms with E-state index in [9.17, 15) is 13.2 Å². The topological polar surface area (TPSA) is 123 Å². The van der Waals surface area contributed by atoms with Gasteiger partial charge in [-0.25, -0.2) is 19.7 Å². The first-order valence-corrected chi connectivity index (χ1v) is 10.2. The lowest BCUT2D eigenvalue weighted by Crippen LogP contribution is -2.22. The van der Waals surface area contributed by atoms with Gasteiger partial charge in [-0.3, -0.25) is 0 Å². The van der Waals surface area contributed by atoms with Crippen molar-refractivity contribution >= 4 is 28.7 Å². The van der Waals surface area contributed by atoms with Crippen LogP contribution in [0.5, 0.6) is 0 Å². The number of nitrogens with zero attached hydrogens (tertiary/aromatic N) is 8. The first kappa shape index (κ1) is 19.8. The predicted octanol–water partition coefficient (Wildman–Crippen LogP) is 2.72. The minimum absolute atomic E-state index is 0.00416. The Balaban J connectivity index is 1.64. The van der Waals surface area contributed by atoms with Gasteiger partial charge < -0.3 is 5.32 Å². The van der Waals surface area contributed by atoms with Crippen molar-refractivity contribution in [1.82, 2.24) is 45.6 Å². The number of tetrazole rings is 1. The van der Waals surface area contributed by atoms with Gasteiger partial charge in [0.2, 0.25) is 0 Å². The minimum atomic E-state index is -4.37. The van der Waals surface area contributed by atoms with E-state index in [1.54, 1.807) is 4.68 Å². The van der Waals surface area contributed by atoms with Crippen LogP contribution in [-0.4, -0.2) is 64.1 Å². The molecule has 0 spiro atoms. The van der Waals surface area contributed by atoms with E-state index >= 15 is 0 Å². The molecule has 10 nitrogen and oxygen atoms in total. The van der Waals surface area contributed by atoms with E-state index < -0.39 is 12.7 Å². The van der Waals surface area contributed by atoms with E-state index in [0.717, 1.165) is 37.3 Å². The third kappa shape index (κ3) is 4.41. The molecule has 29 heavy (non-hydrogen) atoms. The van der Waals surface area contributed by atoms with Crippen LogP contribution in [0.4, 0.5) is 19.0 Å². The van der Waals surface area contributed by atoms with Gasteiger partial charge >= 0.3 is 6.18 Å². The van der Waals surface area contributed by atoms with Crippen molar-refractivity contribution in [2.24, 2.45) is 0 Å². The van der Waals surface area contributed by atoms with Crippen LogP contribution >= 0.6 is 11.8 Å². The van der Waals surface area contributed by atoms with Crippen LogP contribution in [0.2, 0.25) is 0 Å². The molecule has 0 saturated heterocycles. The number of hydrogen-bond donors (Lipinski definition) is 2. The van der Waals surface area contributed by atoms with Gasteiger partial charge in [-0.15, -0.1) is 10.2 Å². The third-order valence-corrected chi connectivity index (χ3v) is 5.75. The number of fused-ring (bicyclic) bond motifs is 1. The van der Waals surface area contributed by atoms with Gasteiger partial charge in [0.25, 0.3) is 0 Å². The Kier molecular flexibility index (Phi) is 5.52. The monoisotopic (exact) mass is 428 g/mol. The standard InChI is InChI=1S/C15H19F3N10S/c1-2-5-29-14-20-12(19-7-15(16,17)18)10-13(21-14)28(27-22-10)9-4-3-8(6-9)11-23-25-26-24-11/h8-9H,2-7H2,1H3,(H,19,20,21)(H,23,24,25,26)/t8-,9-/m1/s1. The second-order valence-electron chi connectivity index (χ2n) is 6.83. The summed E-state index contributed by atoms with van der Waals surface area (Å²) in [4.78, 5) is 8.76. The van der Waals surface area contributed by atoms with Gasteiger partial charge in [0, 0.05) is 11.7 Å². The molecular formula is C15H19F3N10S. The second kappa shape index (κ2) is 8.08. The molecule has 1 aliphatic carbocycles. The van der Waals surface area contributed by atoms with Crippen molar-refractivity contribution in [3.05, 3.63) is 5.82 Å². The summed E-state index contributed by atoms with van der Waals surface area (Å²) in [5, 5.41) is 25.0. The fourth-order valence-corrected chi connectivity index (χ4v) is 4.08. The highest BCUT2D eigenvalue weighted by molar-refractivity contribution is 7.99. The summed E-state index contributed by atoms with van der Waals surface area (Å²) in [7, 11) is 0. The molecule has 0 aromatic carbocycles. The lowest BCUT2D eigenvalue weighted by Gasteiger charge is -2.12. The molecule has 1 fully saturated rings. The maximum atomic E-state index is 12.7. The van der Waals surface area contributed by atoms with Gasteiger partial charge in [0.1, 0.15) is 6.54 Å². The number of H-pyrrole nitrogens is 1. The summed E-state index contributed by atoms with van der Waals surface area (Å²) in [6.45, 7) is 0.811. The van der Waals surface area contributed by atoms with Crippen molar-refractivity contribution in [2.75, 3.05) is 17.6 Å². The number of aromatic nitrogens is 9. The predicted molar refractivity (Wildman–Crippen MR) is 98.5 cm³/mol. The Morgan fingerprint density at radius 1 is 1.24 bits per heavy atom. The van der Waals surface area contributed by atoms with Crippen LogP contribution in [0.25, 0.3) is 11.2 Å². The molecule has 14 heteroatoms. The zero-order valence-corrected chi connectivity index (χ0v) is 16.3. The normalized spacial score (nSPS) is 19.9. The quantitative estimate of drug-likeness (QED) is 0.432. The number of hydrogen-bond acceptors (Lipinski definition) is 9. The molecular weight excluding hydrogens is 409 g/mol. The molecule has 4 rings (SSSR count). The SMILES string of the molecule is CCCSc1nc(NCC(F)(F)F)c2nnn([C@@H]3CC[C@@H](c4nnn[nH]4)C3)c2n1. The van der Waals surface area contributed by atoms with Crippen LogP contribution in [0.15, 0.2) is 5.16 Å². The molecule has 0 aliphatic heterocycles. The number of nitrogens with one attached hydrogen (secondary N) is 2.